The van der Waals surface area contributed by atoms with Crippen LogP contribution in [0.4, 0.5) is 0 Å². The Morgan fingerprint density at radius 2 is 1.93 bits per heavy atom. The molecule has 1 N–H and O–H groups in total. The fraction of sp³-hybridized carbons (Fsp3) is 1.00. The largest absolute Gasteiger partial charge is 0.380 e. The molecular weight excluding hydrogens is 186 g/mol. The molecular formula is C13H27NO. The molecule has 0 bridgehead atoms. The Morgan fingerprint density at radius 3 is 2.47 bits per heavy atom. The Kier molecular flexibility index (Phi) is 5.07. The van der Waals surface area contributed by atoms with Gasteiger partial charge in [0.25, 0.3) is 0 Å². The van der Waals surface area contributed by atoms with Crippen LogP contribution in [0.3, 0.4) is 0 Å². The van der Waals surface area contributed by atoms with Crippen molar-refractivity contribution in [3.05, 3.63) is 0 Å². The molecule has 1 fully saturated rings. The maximum absolute atomic E-state index is 5.60. The zero-order chi connectivity index (χ0) is 11.3. The van der Waals surface area contributed by atoms with Gasteiger partial charge in [-0.1, -0.05) is 20.8 Å². The second-order valence-corrected chi connectivity index (χ2v) is 6.00. The average molecular weight is 213 g/mol. The molecule has 15 heavy (non-hydrogen) atoms. The third-order valence-electron chi connectivity index (χ3n) is 3.04. The van der Waals surface area contributed by atoms with Gasteiger partial charge in [-0.2, -0.15) is 0 Å². The van der Waals surface area contributed by atoms with Gasteiger partial charge in [-0.15, -0.1) is 0 Å². The van der Waals surface area contributed by atoms with Gasteiger partial charge in [0.1, 0.15) is 0 Å². The van der Waals surface area contributed by atoms with Crippen LogP contribution in [0.1, 0.15) is 47.0 Å². The third-order valence-corrected chi connectivity index (χ3v) is 3.04. The number of nitrogens with one attached hydrogen (secondary N) is 1. The first kappa shape index (κ1) is 13.0. The zero-order valence-corrected chi connectivity index (χ0v) is 10.8. The first-order valence-electron chi connectivity index (χ1n) is 6.30. The number of rotatable bonds is 7. The average Bonchev–Trinajstić information content (AvgIpc) is 2.91. The third kappa shape index (κ3) is 6.91. The van der Waals surface area contributed by atoms with Crippen LogP contribution < -0.4 is 5.32 Å². The monoisotopic (exact) mass is 213 g/mol. The summed E-state index contributed by atoms with van der Waals surface area (Å²) in [4.78, 5) is 0. The smallest absolute Gasteiger partial charge is 0.0591 e. The minimum atomic E-state index is 0.398. The van der Waals surface area contributed by atoms with Crippen LogP contribution in [-0.2, 0) is 4.74 Å². The lowest BCUT2D eigenvalue weighted by molar-refractivity contribution is 0.108. The van der Waals surface area contributed by atoms with Crippen LogP contribution in [0.5, 0.6) is 0 Å². The highest BCUT2D eigenvalue weighted by Gasteiger charge is 2.27. The molecule has 0 radical (unpaired) electrons. The van der Waals surface area contributed by atoms with Gasteiger partial charge < -0.3 is 10.1 Å². The molecule has 1 saturated carbocycles. The van der Waals surface area contributed by atoms with E-state index in [2.05, 4.69) is 33.0 Å². The van der Waals surface area contributed by atoms with Gasteiger partial charge in [0.2, 0.25) is 0 Å². The number of hydrogen-bond donors (Lipinski definition) is 1. The lowest BCUT2D eigenvalue weighted by Crippen LogP contribution is -2.31. The van der Waals surface area contributed by atoms with E-state index in [-0.39, 0.29) is 0 Å². The Hall–Kier alpha value is -0.0800. The van der Waals surface area contributed by atoms with Crippen molar-refractivity contribution in [3.63, 3.8) is 0 Å². The van der Waals surface area contributed by atoms with Crippen molar-refractivity contribution >= 4 is 0 Å². The quantitative estimate of drug-likeness (QED) is 0.657. The predicted molar refractivity (Wildman–Crippen MR) is 65.1 cm³/mol. The van der Waals surface area contributed by atoms with Crippen LogP contribution in [0.25, 0.3) is 0 Å². The number of ether oxygens (including phenoxy) is 1. The molecule has 0 amide bonds. The topological polar surface area (TPSA) is 21.3 Å². The summed E-state index contributed by atoms with van der Waals surface area (Å²) in [6.07, 6.45) is 3.98. The van der Waals surface area contributed by atoms with Crippen molar-refractivity contribution in [3.8, 4) is 0 Å². The maximum Gasteiger partial charge on any atom is 0.0591 e. The molecule has 1 unspecified atom stereocenters. The molecule has 2 nitrogen and oxygen atoms in total. The first-order valence-corrected chi connectivity index (χ1v) is 6.30. The molecule has 0 aromatic rings. The van der Waals surface area contributed by atoms with Crippen LogP contribution in [0, 0.1) is 11.3 Å². The van der Waals surface area contributed by atoms with Crippen molar-refractivity contribution < 1.29 is 4.74 Å². The lowest BCUT2D eigenvalue weighted by atomic mass is 9.93. The molecule has 90 valence electrons. The zero-order valence-electron chi connectivity index (χ0n) is 10.8. The Bertz CT molecular complexity index is 170. The summed E-state index contributed by atoms with van der Waals surface area (Å²) >= 11 is 0. The minimum Gasteiger partial charge on any atom is -0.380 e. The van der Waals surface area contributed by atoms with Crippen LogP contribution in [0.15, 0.2) is 0 Å². The maximum atomic E-state index is 5.60. The van der Waals surface area contributed by atoms with E-state index in [0.29, 0.717) is 11.5 Å². The second kappa shape index (κ2) is 5.86. The van der Waals surface area contributed by atoms with E-state index >= 15 is 0 Å². The molecule has 2 heteroatoms. The van der Waals surface area contributed by atoms with Crippen molar-refractivity contribution in [1.82, 2.24) is 5.32 Å². The van der Waals surface area contributed by atoms with Gasteiger partial charge in [-0.05, 0) is 37.5 Å². The highest BCUT2D eigenvalue weighted by atomic mass is 16.5. The molecule has 0 aromatic carbocycles. The van der Waals surface area contributed by atoms with Gasteiger partial charge >= 0.3 is 0 Å². The van der Waals surface area contributed by atoms with Gasteiger partial charge in [-0.3, -0.25) is 0 Å². The second-order valence-electron chi connectivity index (χ2n) is 6.00. The fourth-order valence-electron chi connectivity index (χ4n) is 1.60. The van der Waals surface area contributed by atoms with Crippen molar-refractivity contribution in [1.29, 1.82) is 0 Å². The van der Waals surface area contributed by atoms with E-state index in [9.17, 15) is 0 Å². The SMILES string of the molecule is CC(NCCOCCC(C)(C)C)C1CC1. The molecule has 0 aromatic heterocycles. The lowest BCUT2D eigenvalue weighted by Gasteiger charge is -2.18. The van der Waals surface area contributed by atoms with Crippen molar-refractivity contribution in [2.24, 2.45) is 11.3 Å². The first-order chi connectivity index (χ1) is 6.99. The van der Waals surface area contributed by atoms with E-state index in [0.717, 1.165) is 32.1 Å². The standard InChI is InChI=1S/C13H27NO/c1-11(12-5-6-12)14-8-10-15-9-7-13(2,3)4/h11-12,14H,5-10H2,1-4H3. The van der Waals surface area contributed by atoms with Gasteiger partial charge in [0.05, 0.1) is 6.61 Å². The Labute approximate surface area is 94.8 Å². The minimum absolute atomic E-state index is 0.398. The summed E-state index contributed by atoms with van der Waals surface area (Å²) in [7, 11) is 0. The van der Waals surface area contributed by atoms with E-state index in [1.807, 2.05) is 0 Å². The predicted octanol–water partition coefficient (Wildman–Crippen LogP) is 2.83. The molecule has 1 aliphatic carbocycles. The summed E-state index contributed by atoms with van der Waals surface area (Å²) in [6, 6.07) is 0.691. The van der Waals surface area contributed by atoms with Gasteiger partial charge in [0.15, 0.2) is 0 Å². The summed E-state index contributed by atoms with van der Waals surface area (Å²) < 4.78 is 5.60. The molecule has 1 aliphatic rings. The molecule has 0 saturated heterocycles. The van der Waals surface area contributed by atoms with Crippen LogP contribution >= 0.6 is 0 Å². The summed E-state index contributed by atoms with van der Waals surface area (Å²) in [5.74, 6) is 0.944. The fourth-order valence-corrected chi connectivity index (χ4v) is 1.60. The van der Waals surface area contributed by atoms with Crippen molar-refractivity contribution in [2.75, 3.05) is 19.8 Å². The van der Waals surface area contributed by atoms with Crippen LogP contribution in [-0.4, -0.2) is 25.8 Å². The molecule has 1 rings (SSSR count). The molecule has 0 aliphatic heterocycles. The molecule has 0 spiro atoms. The van der Waals surface area contributed by atoms with Gasteiger partial charge in [-0.25, -0.2) is 0 Å². The van der Waals surface area contributed by atoms with E-state index < -0.39 is 0 Å². The van der Waals surface area contributed by atoms with E-state index in [1.165, 1.54) is 12.8 Å². The van der Waals surface area contributed by atoms with Crippen LogP contribution in [0.2, 0.25) is 0 Å². The summed E-state index contributed by atoms with van der Waals surface area (Å²) in [5.41, 5.74) is 0.398. The van der Waals surface area contributed by atoms with E-state index in [1.54, 1.807) is 0 Å². The van der Waals surface area contributed by atoms with Crippen molar-refractivity contribution in [2.45, 2.75) is 53.0 Å². The highest BCUT2D eigenvalue weighted by Crippen LogP contribution is 2.32. The van der Waals surface area contributed by atoms with Gasteiger partial charge in [0, 0.05) is 19.2 Å². The highest BCUT2D eigenvalue weighted by molar-refractivity contribution is 4.82. The molecule has 1 atom stereocenters. The molecule has 0 heterocycles. The van der Waals surface area contributed by atoms with E-state index in [4.69, 9.17) is 4.74 Å². The summed E-state index contributed by atoms with van der Waals surface area (Å²) in [5, 5.41) is 3.52. The number of hydrogen-bond acceptors (Lipinski definition) is 2. The summed E-state index contributed by atoms with van der Waals surface area (Å²) in [6.45, 7) is 11.8. The Morgan fingerprint density at radius 1 is 1.27 bits per heavy atom. The normalized spacial score (nSPS) is 19.2. The Balaban J connectivity index is 1.84.